The second kappa shape index (κ2) is 10.2. The van der Waals surface area contributed by atoms with Gasteiger partial charge in [-0.15, -0.1) is 0 Å². The smallest absolute Gasteiger partial charge is 0.241 e. The van der Waals surface area contributed by atoms with Crippen molar-refractivity contribution in [1.29, 1.82) is 0 Å². The number of amides is 1. The molecule has 2 aromatic carbocycles. The van der Waals surface area contributed by atoms with E-state index in [1.165, 1.54) is 11.1 Å². The number of nitrogens with zero attached hydrogens (tertiary/aromatic N) is 3. The van der Waals surface area contributed by atoms with Crippen molar-refractivity contribution >= 4 is 17.5 Å². The molecule has 5 rings (SSSR count). The van der Waals surface area contributed by atoms with Gasteiger partial charge in [-0.3, -0.25) is 9.69 Å². The highest BCUT2D eigenvalue weighted by molar-refractivity contribution is 6.30. The van der Waals surface area contributed by atoms with Crippen molar-refractivity contribution in [3.05, 3.63) is 64.5 Å². The van der Waals surface area contributed by atoms with Gasteiger partial charge < -0.3 is 14.6 Å². The predicted molar refractivity (Wildman–Crippen MR) is 130 cm³/mol. The number of benzene rings is 2. The number of methoxy groups -OCH3 is 1. The summed E-state index contributed by atoms with van der Waals surface area (Å²) < 4.78 is 10.8. The number of aryl methyl sites for hydroxylation is 1. The number of ether oxygens (including phenoxy) is 1. The number of nitrogens with one attached hydrogen (secondary N) is 1. The molecule has 1 fully saturated rings. The molecule has 8 heteroatoms. The average Bonchev–Trinajstić information content (AvgIpc) is 3.33. The van der Waals surface area contributed by atoms with Crippen LogP contribution in [-0.4, -0.2) is 41.1 Å². The van der Waals surface area contributed by atoms with Crippen molar-refractivity contribution in [3.63, 3.8) is 0 Å². The molecule has 2 aliphatic rings. The zero-order valence-electron chi connectivity index (χ0n) is 19.3. The number of halogens is 1. The molecule has 1 aliphatic carbocycles. The largest absolute Gasteiger partial charge is 0.497 e. The van der Waals surface area contributed by atoms with Crippen molar-refractivity contribution in [1.82, 2.24) is 20.4 Å². The predicted octanol–water partition coefficient (Wildman–Crippen LogP) is 4.80. The molecule has 34 heavy (non-hydrogen) atoms. The number of aromatic nitrogens is 2. The zero-order chi connectivity index (χ0) is 23.5. The Morgan fingerprint density at radius 2 is 2.06 bits per heavy atom. The zero-order valence-corrected chi connectivity index (χ0v) is 20.1. The highest BCUT2D eigenvalue weighted by Gasteiger charge is 2.29. The minimum Gasteiger partial charge on any atom is -0.497 e. The SMILES string of the molecule is COc1ccc2c(c1)CCCC2NC(=O)C1CCN(Cc2nc(-c3cccc(Cl)c3)no2)CC1. The normalized spacial score (nSPS) is 18.9. The lowest BCUT2D eigenvalue weighted by Crippen LogP contribution is -2.41. The van der Waals surface area contributed by atoms with Crippen LogP contribution in [-0.2, 0) is 17.8 Å². The highest BCUT2D eigenvalue weighted by atomic mass is 35.5. The Labute approximate surface area is 204 Å². The van der Waals surface area contributed by atoms with Crippen molar-refractivity contribution < 1.29 is 14.1 Å². The summed E-state index contributed by atoms with van der Waals surface area (Å²) in [6, 6.07) is 13.7. The van der Waals surface area contributed by atoms with E-state index in [2.05, 4.69) is 32.5 Å². The van der Waals surface area contributed by atoms with E-state index in [9.17, 15) is 4.79 Å². The molecule has 1 amide bonds. The molecule has 0 bridgehead atoms. The van der Waals surface area contributed by atoms with E-state index in [1.807, 2.05) is 30.3 Å². The number of likely N-dealkylation sites (tertiary alicyclic amines) is 1. The maximum atomic E-state index is 13.0. The van der Waals surface area contributed by atoms with E-state index in [-0.39, 0.29) is 17.9 Å². The van der Waals surface area contributed by atoms with E-state index >= 15 is 0 Å². The van der Waals surface area contributed by atoms with Crippen LogP contribution in [0.15, 0.2) is 47.0 Å². The average molecular weight is 481 g/mol. The summed E-state index contributed by atoms with van der Waals surface area (Å²) in [5, 5.41) is 8.05. The molecule has 178 valence electrons. The van der Waals surface area contributed by atoms with Gasteiger partial charge in [-0.25, -0.2) is 0 Å². The maximum Gasteiger partial charge on any atom is 0.241 e. The van der Waals surface area contributed by atoms with Crippen LogP contribution < -0.4 is 10.1 Å². The van der Waals surface area contributed by atoms with Gasteiger partial charge in [0.1, 0.15) is 5.75 Å². The molecular formula is C26H29ClN4O3. The standard InChI is InChI=1S/C26H29ClN4O3/c1-33-21-8-9-22-18(15-21)4-3-7-23(22)28-26(32)17-10-12-31(13-11-17)16-24-29-25(30-34-24)19-5-2-6-20(27)14-19/h2,5-6,8-9,14-15,17,23H,3-4,7,10-13,16H2,1H3,(H,28,32). The maximum absolute atomic E-state index is 13.0. The lowest BCUT2D eigenvalue weighted by Gasteiger charge is -2.32. The van der Waals surface area contributed by atoms with Gasteiger partial charge in [-0.05, 0) is 80.6 Å². The summed E-state index contributed by atoms with van der Waals surface area (Å²) in [7, 11) is 1.69. The Bertz CT molecular complexity index is 1160. The molecule has 3 aromatic rings. The summed E-state index contributed by atoms with van der Waals surface area (Å²) in [5.74, 6) is 2.18. The minimum atomic E-state index is 0.0320. The van der Waals surface area contributed by atoms with Gasteiger partial charge in [0.25, 0.3) is 0 Å². The molecule has 1 N–H and O–H groups in total. The fourth-order valence-electron chi connectivity index (χ4n) is 4.97. The number of carbonyl (C=O) groups is 1. The summed E-state index contributed by atoms with van der Waals surface area (Å²) in [6.07, 6.45) is 4.74. The summed E-state index contributed by atoms with van der Waals surface area (Å²) in [4.78, 5) is 19.8. The number of piperidine rings is 1. The van der Waals surface area contributed by atoms with Crippen molar-refractivity contribution in [2.45, 2.75) is 44.7 Å². The Balaban J connectivity index is 1.14. The summed E-state index contributed by atoms with van der Waals surface area (Å²) in [5.41, 5.74) is 3.34. The number of carbonyl (C=O) groups excluding carboxylic acids is 1. The van der Waals surface area contributed by atoms with Crippen LogP contribution in [0.2, 0.25) is 5.02 Å². The quantitative estimate of drug-likeness (QED) is 0.545. The number of rotatable bonds is 6. The molecule has 1 atom stereocenters. The second-order valence-electron chi connectivity index (χ2n) is 9.09. The van der Waals surface area contributed by atoms with Crippen molar-refractivity contribution in [2.75, 3.05) is 20.2 Å². The van der Waals surface area contributed by atoms with E-state index in [0.29, 0.717) is 23.3 Å². The Hall–Kier alpha value is -2.90. The molecular weight excluding hydrogens is 452 g/mol. The third-order valence-corrected chi connectivity index (χ3v) is 7.08. The molecule has 0 saturated carbocycles. The third kappa shape index (κ3) is 5.10. The molecule has 7 nitrogen and oxygen atoms in total. The van der Waals surface area contributed by atoms with Gasteiger partial charge in [-0.1, -0.05) is 35.0 Å². The van der Waals surface area contributed by atoms with Crippen LogP contribution in [0.4, 0.5) is 0 Å². The fourth-order valence-corrected chi connectivity index (χ4v) is 5.16. The third-order valence-electron chi connectivity index (χ3n) is 6.85. The van der Waals surface area contributed by atoms with E-state index in [1.54, 1.807) is 7.11 Å². The molecule has 1 unspecified atom stereocenters. The van der Waals surface area contributed by atoms with Gasteiger partial charge in [-0.2, -0.15) is 4.98 Å². The lowest BCUT2D eigenvalue weighted by atomic mass is 9.86. The molecule has 0 radical (unpaired) electrons. The van der Waals surface area contributed by atoms with E-state index < -0.39 is 0 Å². The minimum absolute atomic E-state index is 0.0320. The fraction of sp³-hybridized carbons (Fsp3) is 0.423. The first-order valence-electron chi connectivity index (χ1n) is 11.9. The molecule has 1 aromatic heterocycles. The van der Waals surface area contributed by atoms with Crippen LogP contribution >= 0.6 is 11.6 Å². The van der Waals surface area contributed by atoms with Crippen LogP contribution in [0.25, 0.3) is 11.4 Å². The van der Waals surface area contributed by atoms with Gasteiger partial charge in [0.05, 0.1) is 19.7 Å². The lowest BCUT2D eigenvalue weighted by molar-refractivity contribution is -0.127. The van der Waals surface area contributed by atoms with E-state index in [4.69, 9.17) is 20.9 Å². The monoisotopic (exact) mass is 480 g/mol. The van der Waals surface area contributed by atoms with Crippen LogP contribution in [0, 0.1) is 5.92 Å². The van der Waals surface area contributed by atoms with Crippen LogP contribution in [0.1, 0.15) is 48.7 Å². The molecule has 0 spiro atoms. The van der Waals surface area contributed by atoms with E-state index in [0.717, 1.165) is 56.5 Å². The van der Waals surface area contributed by atoms with Crippen molar-refractivity contribution in [2.24, 2.45) is 5.92 Å². The van der Waals surface area contributed by atoms with Gasteiger partial charge in [0.15, 0.2) is 0 Å². The first-order chi connectivity index (χ1) is 16.6. The Morgan fingerprint density at radius 1 is 1.21 bits per heavy atom. The topological polar surface area (TPSA) is 80.5 Å². The molecule has 1 aliphatic heterocycles. The first kappa shape index (κ1) is 22.9. The summed E-state index contributed by atoms with van der Waals surface area (Å²) in [6.45, 7) is 2.23. The second-order valence-corrected chi connectivity index (χ2v) is 9.53. The number of hydrogen-bond acceptors (Lipinski definition) is 6. The summed E-state index contributed by atoms with van der Waals surface area (Å²) >= 11 is 6.06. The number of fused-ring (bicyclic) bond motifs is 1. The number of hydrogen-bond donors (Lipinski definition) is 1. The van der Waals surface area contributed by atoms with Crippen molar-refractivity contribution in [3.8, 4) is 17.1 Å². The Kier molecular flexibility index (Phi) is 6.83. The van der Waals surface area contributed by atoms with Crippen LogP contribution in [0.3, 0.4) is 0 Å². The first-order valence-corrected chi connectivity index (χ1v) is 12.2. The molecule has 1 saturated heterocycles. The highest BCUT2D eigenvalue weighted by Crippen LogP contribution is 2.33. The van der Waals surface area contributed by atoms with Gasteiger partial charge >= 0.3 is 0 Å². The van der Waals surface area contributed by atoms with Crippen LogP contribution in [0.5, 0.6) is 5.75 Å². The molecule has 2 heterocycles. The van der Waals surface area contributed by atoms with Gasteiger partial charge in [0, 0.05) is 16.5 Å². The van der Waals surface area contributed by atoms with Gasteiger partial charge in [0.2, 0.25) is 17.6 Å². The Morgan fingerprint density at radius 3 is 2.85 bits per heavy atom.